The number of rotatable bonds is 9. The van der Waals surface area contributed by atoms with Crippen LogP contribution in [-0.2, 0) is 5.41 Å². The van der Waals surface area contributed by atoms with E-state index in [9.17, 15) is 19.0 Å². The normalized spacial score (nSPS) is 14.4. The maximum atomic E-state index is 12.0. The van der Waals surface area contributed by atoms with E-state index < -0.39 is 90.7 Å². The van der Waals surface area contributed by atoms with Gasteiger partial charge in [0.2, 0.25) is 0 Å². The van der Waals surface area contributed by atoms with E-state index in [1.165, 1.54) is 4.57 Å². The maximum absolute atomic E-state index is 12.0. The van der Waals surface area contributed by atoms with Crippen molar-refractivity contribution in [3.63, 3.8) is 0 Å². The monoisotopic (exact) mass is 1220 g/mol. The number of benzene rings is 14. The van der Waals surface area contributed by atoms with Gasteiger partial charge < -0.3 is 18.9 Å². The van der Waals surface area contributed by atoms with Gasteiger partial charge in [0.05, 0.1) is 62.5 Å². The number of fused-ring (bicyclic) bond motifs is 10. The van der Waals surface area contributed by atoms with Crippen LogP contribution >= 0.6 is 0 Å². The first-order chi connectivity index (χ1) is 52.1. The van der Waals surface area contributed by atoms with E-state index in [1.54, 1.807) is 12.1 Å². The van der Waals surface area contributed by atoms with Crippen molar-refractivity contribution in [1.82, 2.24) is 9.13 Å². The second kappa shape index (κ2) is 22.0. The van der Waals surface area contributed by atoms with Gasteiger partial charge in [-0.2, -0.15) is 5.26 Å². The highest BCUT2D eigenvalue weighted by Gasteiger charge is 2.46. The highest BCUT2D eigenvalue weighted by atomic mass is 15.2. The third-order valence-electron chi connectivity index (χ3n) is 19.0. The molecule has 2 aromatic heterocycles. The molecule has 5 nitrogen and oxygen atoms in total. The highest BCUT2D eigenvalue weighted by molar-refractivity contribution is 7.00. The number of anilines is 6. The predicted molar refractivity (Wildman–Crippen MR) is 400 cm³/mol. The third-order valence-corrected chi connectivity index (χ3v) is 19.0. The molecule has 0 unspecified atom stereocenters. The summed E-state index contributed by atoms with van der Waals surface area (Å²) in [4.78, 5) is 4.26. The number of hydrogen-bond donors (Lipinski definition) is 0. The molecule has 2 aliphatic rings. The van der Waals surface area contributed by atoms with Crippen molar-refractivity contribution in [3.05, 3.63) is 332 Å². The Morgan fingerprint density at radius 1 is 0.347 bits per heavy atom. The molecule has 95 heavy (non-hydrogen) atoms. The van der Waals surface area contributed by atoms with Crippen molar-refractivity contribution < 1.29 is 17.8 Å². The molecular weight excluding hydrogens is 1150 g/mol. The first kappa shape index (κ1) is 43.6. The fourth-order valence-corrected chi connectivity index (χ4v) is 14.7. The molecule has 0 fully saturated rings. The number of hydrogen-bond acceptors (Lipinski definition) is 3. The van der Waals surface area contributed by atoms with Crippen molar-refractivity contribution in [2.24, 2.45) is 0 Å². The molecule has 0 aliphatic carbocycles. The zero-order valence-corrected chi connectivity index (χ0v) is 51.9. The van der Waals surface area contributed by atoms with E-state index >= 15 is 0 Å². The Hall–Kier alpha value is -12.2. The van der Waals surface area contributed by atoms with Gasteiger partial charge in [0.15, 0.2) is 0 Å². The van der Waals surface area contributed by atoms with Crippen LogP contribution in [0.25, 0.3) is 111 Å². The standard InChI is InChI=1S/C89H62BN5/c1-89(2,3)67-52-74(60-29-12-6-13-30-60)88(75(53-67)61-31-14-7-15-32-61)95-82-48-45-64(63-34-24-33-62(49-63)58-25-8-4-9-26-58)50-77(82)90-76-47-44-65(59-27-10-5-11-28-59)51-84(76)94(83-54-68(46-43-66(83)57-91)92-78-39-20-16-35-70(78)71-36-17-21-40-79(71)92)85-55-69(56-86(95)87(85)90)93-80-41-22-18-37-72(80)73-38-19-23-42-81(73)93/h4-56H,1-3H3/i5D,10D,11D,18D,19D,22D,23D,27D,28D,37D,38D,41D,42D. The molecule has 18 rings (SSSR count). The second-order valence-corrected chi connectivity index (χ2v) is 25.4. The molecule has 0 spiro atoms. The van der Waals surface area contributed by atoms with E-state index in [4.69, 9.17) is 4.11 Å². The third kappa shape index (κ3) is 8.99. The lowest BCUT2D eigenvalue weighted by molar-refractivity contribution is 0.591. The van der Waals surface area contributed by atoms with Crippen LogP contribution in [0.15, 0.2) is 321 Å². The van der Waals surface area contributed by atoms with E-state index in [2.05, 4.69) is 152 Å². The molecule has 0 N–H and O–H groups in total. The molecule has 0 radical (unpaired) electrons. The fourth-order valence-electron chi connectivity index (χ4n) is 14.7. The summed E-state index contributed by atoms with van der Waals surface area (Å²) in [5.41, 5.74) is 16.3. The lowest BCUT2D eigenvalue weighted by atomic mass is 9.33. The number of nitriles is 1. The van der Waals surface area contributed by atoms with Crippen LogP contribution in [0.3, 0.4) is 0 Å². The topological polar surface area (TPSA) is 40.1 Å². The molecule has 2 aliphatic heterocycles. The Labute approximate surface area is 571 Å². The minimum absolute atomic E-state index is 0.0616. The number of nitrogens with zero attached hydrogens (tertiary/aromatic N) is 5. The zero-order chi connectivity index (χ0) is 74.8. The van der Waals surface area contributed by atoms with E-state index in [1.807, 2.05) is 120 Å². The van der Waals surface area contributed by atoms with Gasteiger partial charge in [-0.3, -0.25) is 0 Å². The van der Waals surface area contributed by atoms with Crippen LogP contribution in [0.2, 0.25) is 0 Å². The molecule has 0 bridgehead atoms. The molecule has 6 heteroatoms. The van der Waals surface area contributed by atoms with Gasteiger partial charge in [-0.05, 0) is 157 Å². The molecule has 4 heterocycles. The van der Waals surface area contributed by atoms with Gasteiger partial charge in [-0.25, -0.2) is 0 Å². The van der Waals surface area contributed by atoms with Crippen molar-refractivity contribution in [2.45, 2.75) is 26.2 Å². The molecule has 14 aromatic carbocycles. The summed E-state index contributed by atoms with van der Waals surface area (Å²) < 4.78 is 126. The zero-order valence-electron chi connectivity index (χ0n) is 64.9. The smallest absolute Gasteiger partial charge is 0.252 e. The van der Waals surface area contributed by atoms with Crippen LogP contribution in [0.4, 0.5) is 34.1 Å². The minimum Gasteiger partial charge on any atom is -0.310 e. The average Bonchev–Trinajstić information content (AvgIpc) is 1.02. The summed E-state index contributed by atoms with van der Waals surface area (Å²) in [5.74, 6) is 0. The van der Waals surface area contributed by atoms with Crippen LogP contribution in [-0.4, -0.2) is 15.8 Å². The van der Waals surface area contributed by atoms with Crippen LogP contribution in [0.1, 0.15) is 49.7 Å². The Kier molecular flexibility index (Phi) is 10.1. The Morgan fingerprint density at radius 2 is 0.853 bits per heavy atom. The lowest BCUT2D eigenvalue weighted by Gasteiger charge is -2.45. The predicted octanol–water partition coefficient (Wildman–Crippen LogP) is 21.5. The molecule has 0 amide bonds. The summed E-state index contributed by atoms with van der Waals surface area (Å²) in [7, 11) is 0. The summed E-state index contributed by atoms with van der Waals surface area (Å²) in [6.45, 7) is 5.80. The maximum Gasteiger partial charge on any atom is 0.252 e. The molecular formula is C89H62BN5. The Morgan fingerprint density at radius 3 is 1.47 bits per heavy atom. The fraction of sp³-hybridized carbons (Fsp3) is 0.0449. The van der Waals surface area contributed by atoms with Gasteiger partial charge in [0, 0.05) is 61.1 Å². The van der Waals surface area contributed by atoms with Crippen molar-refractivity contribution in [1.29, 1.82) is 5.26 Å². The van der Waals surface area contributed by atoms with Crippen molar-refractivity contribution >= 4 is 101 Å². The SMILES string of the molecule is [2H]c1c([2H])c([2H])c(-c2ccc3c(c2)N(c2cc(-n4c5ccccc5c5ccccc54)ccc2C#N)c2cc(-n4c5c([2H])c([2H])c([2H])c([2H])c5c5c([2H])c([2H])c([2H])c([2H])c54)cc4c2B3c2cc(-c3cccc(-c5ccccc5)c3)ccc2N4c2c(-c3ccccc3)cc(C(C)(C)C)cc2-c2ccccc2)c([2H])c1[2H]. The van der Waals surface area contributed by atoms with Gasteiger partial charge in [0.25, 0.3) is 6.71 Å². The molecule has 446 valence electrons. The van der Waals surface area contributed by atoms with Crippen molar-refractivity contribution in [3.8, 4) is 73.1 Å². The van der Waals surface area contributed by atoms with Gasteiger partial charge >= 0.3 is 0 Å². The first-order valence-electron chi connectivity index (χ1n) is 38.3. The van der Waals surface area contributed by atoms with Gasteiger partial charge in [-0.15, -0.1) is 0 Å². The number of aromatic nitrogens is 2. The largest absolute Gasteiger partial charge is 0.310 e. The van der Waals surface area contributed by atoms with Gasteiger partial charge in [0.1, 0.15) is 6.07 Å². The lowest BCUT2D eigenvalue weighted by Crippen LogP contribution is -2.61. The highest BCUT2D eigenvalue weighted by Crippen LogP contribution is 2.53. The Balaban J connectivity index is 1.07. The van der Waals surface area contributed by atoms with Crippen LogP contribution in [0, 0.1) is 11.3 Å². The molecule has 0 saturated carbocycles. The van der Waals surface area contributed by atoms with Gasteiger partial charge in [-0.1, -0.05) is 257 Å². The van der Waals surface area contributed by atoms with E-state index in [0.29, 0.717) is 39.4 Å². The summed E-state index contributed by atoms with van der Waals surface area (Å²) >= 11 is 0. The quantitative estimate of drug-likeness (QED) is 0.135. The van der Waals surface area contributed by atoms with Crippen molar-refractivity contribution in [2.75, 3.05) is 9.80 Å². The van der Waals surface area contributed by atoms with E-state index in [-0.39, 0.29) is 44.2 Å². The van der Waals surface area contributed by atoms with Crippen LogP contribution < -0.4 is 26.2 Å². The van der Waals surface area contributed by atoms with Crippen LogP contribution in [0.5, 0.6) is 0 Å². The first-order valence-corrected chi connectivity index (χ1v) is 31.8. The summed E-state index contributed by atoms with van der Waals surface area (Å²) in [6.07, 6.45) is 0. The molecule has 0 atom stereocenters. The molecule has 0 saturated heterocycles. The number of para-hydroxylation sites is 4. The minimum atomic E-state index is -0.777. The summed E-state index contributed by atoms with van der Waals surface area (Å²) in [5, 5.41) is 13.7. The molecule has 16 aromatic rings. The average molecular weight is 1230 g/mol. The summed E-state index contributed by atoms with van der Waals surface area (Å²) in [6, 6.07) is 77.0. The van der Waals surface area contributed by atoms with E-state index in [0.717, 1.165) is 88.7 Å². The second-order valence-electron chi connectivity index (χ2n) is 25.4. The Bertz CT molecular complexity index is 6400.